The second-order valence-electron chi connectivity index (χ2n) is 3.85. The first kappa shape index (κ1) is 12.0. The predicted molar refractivity (Wildman–Crippen MR) is 59.6 cm³/mol. The van der Waals surface area contributed by atoms with E-state index in [1.54, 1.807) is 12.1 Å². The molecule has 0 aliphatic carbocycles. The van der Waals surface area contributed by atoms with Crippen LogP contribution >= 0.6 is 0 Å². The summed E-state index contributed by atoms with van der Waals surface area (Å²) in [7, 11) is 0. The van der Waals surface area contributed by atoms with Crippen LogP contribution in [0.25, 0.3) is 0 Å². The van der Waals surface area contributed by atoms with Gasteiger partial charge in [0.2, 0.25) is 0 Å². The second-order valence-corrected chi connectivity index (χ2v) is 3.85. The smallest absolute Gasteiger partial charge is 0.123 e. The Hall–Kier alpha value is -1.09. The molecule has 0 aliphatic rings. The fourth-order valence-corrected chi connectivity index (χ4v) is 1.49. The molecule has 0 radical (unpaired) electrons. The van der Waals surface area contributed by atoms with E-state index in [1.807, 2.05) is 19.9 Å². The summed E-state index contributed by atoms with van der Waals surface area (Å²) in [6, 6.07) is 5.33. The van der Waals surface area contributed by atoms with Gasteiger partial charge >= 0.3 is 0 Å². The summed E-state index contributed by atoms with van der Waals surface area (Å²) in [5.41, 5.74) is 7.02. The van der Waals surface area contributed by atoms with Gasteiger partial charge in [0.05, 0.1) is 6.10 Å². The van der Waals surface area contributed by atoms with Crippen molar-refractivity contribution in [1.82, 2.24) is 0 Å². The van der Waals surface area contributed by atoms with E-state index in [9.17, 15) is 4.39 Å². The molecule has 3 heteroatoms. The van der Waals surface area contributed by atoms with Crippen molar-refractivity contribution >= 4 is 0 Å². The quantitative estimate of drug-likeness (QED) is 0.831. The molecule has 0 fully saturated rings. The molecule has 1 aromatic carbocycles. The van der Waals surface area contributed by atoms with Crippen molar-refractivity contribution in [2.24, 2.45) is 5.73 Å². The third-order valence-corrected chi connectivity index (χ3v) is 2.13. The lowest BCUT2D eigenvalue weighted by atomic mass is 10.0. The van der Waals surface area contributed by atoms with E-state index in [0.29, 0.717) is 12.1 Å². The van der Waals surface area contributed by atoms with Gasteiger partial charge < -0.3 is 10.5 Å². The molecule has 0 spiro atoms. The van der Waals surface area contributed by atoms with Crippen LogP contribution in [-0.2, 0) is 6.54 Å². The number of halogens is 1. The summed E-state index contributed by atoms with van der Waals surface area (Å²) >= 11 is 0. The fraction of sp³-hybridized carbons (Fsp3) is 0.500. The Morgan fingerprint density at radius 1 is 1.33 bits per heavy atom. The van der Waals surface area contributed by atoms with Gasteiger partial charge in [-0.2, -0.15) is 0 Å². The summed E-state index contributed by atoms with van der Waals surface area (Å²) < 4.78 is 18.7. The molecule has 15 heavy (non-hydrogen) atoms. The maximum Gasteiger partial charge on any atom is 0.123 e. The average molecular weight is 211 g/mol. The van der Waals surface area contributed by atoms with Gasteiger partial charge in [0.1, 0.15) is 11.9 Å². The van der Waals surface area contributed by atoms with Crippen molar-refractivity contribution in [2.45, 2.75) is 39.6 Å². The van der Waals surface area contributed by atoms with Gasteiger partial charge in [-0.05, 0) is 44.0 Å². The van der Waals surface area contributed by atoms with Crippen molar-refractivity contribution in [3.63, 3.8) is 0 Å². The van der Waals surface area contributed by atoms with Crippen LogP contribution < -0.4 is 10.5 Å². The molecule has 0 bridgehead atoms. The van der Waals surface area contributed by atoms with E-state index < -0.39 is 6.17 Å². The van der Waals surface area contributed by atoms with Crippen molar-refractivity contribution in [2.75, 3.05) is 0 Å². The molecule has 1 atom stereocenters. The molecule has 0 heterocycles. The van der Waals surface area contributed by atoms with Crippen molar-refractivity contribution < 1.29 is 9.13 Å². The van der Waals surface area contributed by atoms with E-state index >= 15 is 0 Å². The van der Waals surface area contributed by atoms with Crippen LogP contribution in [0.1, 0.15) is 38.1 Å². The summed E-state index contributed by atoms with van der Waals surface area (Å²) in [5.74, 6) is 0.745. The van der Waals surface area contributed by atoms with E-state index in [0.717, 1.165) is 11.3 Å². The first-order valence-corrected chi connectivity index (χ1v) is 5.18. The van der Waals surface area contributed by atoms with Crippen LogP contribution in [0.4, 0.5) is 4.39 Å². The highest BCUT2D eigenvalue weighted by atomic mass is 19.1. The van der Waals surface area contributed by atoms with Crippen LogP contribution in [0.3, 0.4) is 0 Å². The van der Waals surface area contributed by atoms with Gasteiger partial charge in [-0.3, -0.25) is 0 Å². The lowest BCUT2D eigenvalue weighted by Gasteiger charge is -2.14. The van der Waals surface area contributed by atoms with E-state index in [1.165, 1.54) is 6.92 Å². The molecule has 0 saturated carbocycles. The molecule has 1 unspecified atom stereocenters. The lowest BCUT2D eigenvalue weighted by Crippen LogP contribution is -2.08. The second kappa shape index (κ2) is 5.12. The molecule has 84 valence electrons. The Balaban J connectivity index is 2.97. The van der Waals surface area contributed by atoms with Crippen molar-refractivity contribution in [3.05, 3.63) is 29.3 Å². The number of rotatable bonds is 4. The number of nitrogens with two attached hydrogens (primary N) is 1. The molecule has 0 aliphatic heterocycles. The molecule has 0 amide bonds. The highest BCUT2D eigenvalue weighted by molar-refractivity contribution is 5.36. The van der Waals surface area contributed by atoms with Gasteiger partial charge in [-0.1, -0.05) is 6.07 Å². The molecular weight excluding hydrogens is 193 g/mol. The Bertz CT molecular complexity index is 323. The third kappa shape index (κ3) is 3.20. The molecule has 1 rings (SSSR count). The van der Waals surface area contributed by atoms with Gasteiger partial charge in [0.25, 0.3) is 0 Å². The summed E-state index contributed by atoms with van der Waals surface area (Å²) in [6.45, 7) is 5.75. The minimum atomic E-state index is -0.989. The molecule has 2 nitrogen and oxygen atoms in total. The predicted octanol–water partition coefficient (Wildman–Crippen LogP) is 2.96. The minimum absolute atomic E-state index is 0.115. The highest BCUT2D eigenvalue weighted by Gasteiger charge is 2.09. The number of ether oxygens (including phenoxy) is 1. The van der Waals surface area contributed by atoms with Crippen LogP contribution in [0.15, 0.2) is 18.2 Å². The summed E-state index contributed by atoms with van der Waals surface area (Å²) in [4.78, 5) is 0. The first-order valence-electron chi connectivity index (χ1n) is 5.18. The number of alkyl halides is 1. The molecule has 0 aromatic heterocycles. The summed E-state index contributed by atoms with van der Waals surface area (Å²) in [6.07, 6.45) is -0.874. The molecule has 1 aromatic rings. The van der Waals surface area contributed by atoms with Gasteiger partial charge in [0, 0.05) is 6.54 Å². The molecule has 2 N–H and O–H groups in total. The minimum Gasteiger partial charge on any atom is -0.491 e. The van der Waals surface area contributed by atoms with Gasteiger partial charge in [0.15, 0.2) is 0 Å². The first-order chi connectivity index (χ1) is 7.04. The Kier molecular flexibility index (Phi) is 4.09. The molecule has 0 saturated heterocycles. The van der Waals surface area contributed by atoms with E-state index in [4.69, 9.17) is 10.5 Å². The lowest BCUT2D eigenvalue weighted by molar-refractivity contribution is 0.242. The van der Waals surface area contributed by atoms with Crippen LogP contribution in [-0.4, -0.2) is 6.10 Å². The maximum atomic E-state index is 13.2. The zero-order chi connectivity index (χ0) is 11.4. The Morgan fingerprint density at radius 2 is 2.00 bits per heavy atom. The third-order valence-electron chi connectivity index (χ3n) is 2.13. The zero-order valence-electron chi connectivity index (χ0n) is 9.46. The van der Waals surface area contributed by atoms with E-state index in [-0.39, 0.29) is 6.10 Å². The number of hydrogen-bond acceptors (Lipinski definition) is 2. The fourth-order valence-electron chi connectivity index (χ4n) is 1.49. The van der Waals surface area contributed by atoms with Crippen molar-refractivity contribution in [1.29, 1.82) is 0 Å². The molecular formula is C12H18FNO. The van der Waals surface area contributed by atoms with Crippen LogP contribution in [0, 0.1) is 0 Å². The number of hydrogen-bond donors (Lipinski definition) is 1. The van der Waals surface area contributed by atoms with E-state index in [2.05, 4.69) is 0 Å². The van der Waals surface area contributed by atoms with Gasteiger partial charge in [-0.15, -0.1) is 0 Å². The highest BCUT2D eigenvalue weighted by Crippen LogP contribution is 2.25. The monoisotopic (exact) mass is 211 g/mol. The SMILES string of the molecule is CC(C)Oc1ccc(C(C)F)c(CN)c1. The largest absolute Gasteiger partial charge is 0.491 e. The van der Waals surface area contributed by atoms with Gasteiger partial charge in [-0.25, -0.2) is 4.39 Å². The summed E-state index contributed by atoms with van der Waals surface area (Å²) in [5, 5.41) is 0. The average Bonchev–Trinajstić information content (AvgIpc) is 2.16. The Morgan fingerprint density at radius 3 is 2.47 bits per heavy atom. The standard InChI is InChI=1S/C12H18FNO/c1-8(2)15-11-4-5-12(9(3)13)10(6-11)7-14/h4-6,8-9H,7,14H2,1-3H3. The normalized spacial score (nSPS) is 12.9. The number of benzene rings is 1. The Labute approximate surface area is 90.2 Å². The van der Waals surface area contributed by atoms with Crippen LogP contribution in [0.5, 0.6) is 5.75 Å². The maximum absolute atomic E-state index is 13.2. The topological polar surface area (TPSA) is 35.2 Å². The van der Waals surface area contributed by atoms with Crippen LogP contribution in [0.2, 0.25) is 0 Å². The zero-order valence-corrected chi connectivity index (χ0v) is 9.46. The van der Waals surface area contributed by atoms with Crippen molar-refractivity contribution in [3.8, 4) is 5.75 Å².